The van der Waals surface area contributed by atoms with Gasteiger partial charge in [-0.1, -0.05) is 0 Å². The van der Waals surface area contributed by atoms with Crippen LogP contribution in [0.2, 0.25) is 0 Å². The van der Waals surface area contributed by atoms with Gasteiger partial charge in [0.05, 0.1) is 5.88 Å². The van der Waals surface area contributed by atoms with Crippen molar-refractivity contribution in [3.63, 3.8) is 0 Å². The summed E-state index contributed by atoms with van der Waals surface area (Å²) in [5, 5.41) is 13.7. The first-order valence-corrected chi connectivity index (χ1v) is 6.82. The van der Waals surface area contributed by atoms with Crippen LogP contribution < -0.4 is 10.6 Å². The maximum absolute atomic E-state index is 11.4. The van der Waals surface area contributed by atoms with Crippen molar-refractivity contribution in [3.05, 3.63) is 0 Å². The molecule has 1 unspecified atom stereocenters. The van der Waals surface area contributed by atoms with Gasteiger partial charge in [-0.3, -0.25) is 4.79 Å². The summed E-state index contributed by atoms with van der Waals surface area (Å²) in [5.74, 6) is -0.926. The molecular weight excluding hydrogens is 272 g/mol. The second-order valence-electron chi connectivity index (χ2n) is 4.79. The fourth-order valence-electron chi connectivity index (χ4n) is 0.954. The molecule has 0 aromatic carbocycles. The minimum absolute atomic E-state index is 0.134. The van der Waals surface area contributed by atoms with Crippen LogP contribution in [0.25, 0.3) is 0 Å². The van der Waals surface area contributed by atoms with Crippen molar-refractivity contribution in [1.82, 2.24) is 10.6 Å². The largest absolute Gasteiger partial charge is 0.480 e. The number of nitrogens with one attached hydrogen (secondary N) is 2. The van der Waals surface area contributed by atoms with Crippen LogP contribution in [0.15, 0.2) is 0 Å². The third-order valence-corrected chi connectivity index (χ3v) is 2.61. The number of ether oxygens (including phenoxy) is 1. The van der Waals surface area contributed by atoms with E-state index in [-0.39, 0.29) is 17.5 Å². The number of thioether (sulfide) groups is 1. The van der Waals surface area contributed by atoms with Crippen LogP contribution >= 0.6 is 11.8 Å². The number of carboxylic acid groups (broad SMARTS) is 1. The standard InChI is InChI=1S/C11H20N2O5S/c1-7(14)12-6-19-5-8(9(15)16)13-10(17)18-11(2,3)4/h8H,5-6H2,1-4H3,(H,12,14)(H,13,17)(H,15,16). The minimum Gasteiger partial charge on any atom is -0.480 e. The molecule has 0 spiro atoms. The van der Waals surface area contributed by atoms with Gasteiger partial charge in [-0.2, -0.15) is 0 Å². The Morgan fingerprint density at radius 2 is 1.89 bits per heavy atom. The lowest BCUT2D eigenvalue weighted by Crippen LogP contribution is -2.45. The predicted molar refractivity (Wildman–Crippen MR) is 71.9 cm³/mol. The highest BCUT2D eigenvalue weighted by Gasteiger charge is 2.23. The summed E-state index contributed by atoms with van der Waals surface area (Å²) in [6.45, 7) is 6.43. The van der Waals surface area contributed by atoms with Crippen molar-refractivity contribution in [2.45, 2.75) is 39.3 Å². The lowest BCUT2D eigenvalue weighted by atomic mass is 10.2. The minimum atomic E-state index is -1.15. The van der Waals surface area contributed by atoms with Gasteiger partial charge in [0, 0.05) is 12.7 Å². The summed E-state index contributed by atoms with van der Waals surface area (Å²) in [7, 11) is 0. The Morgan fingerprint density at radius 3 is 2.32 bits per heavy atom. The number of aliphatic carboxylic acids is 1. The molecule has 0 aliphatic rings. The molecule has 7 nitrogen and oxygen atoms in total. The Labute approximate surface area is 116 Å². The fraction of sp³-hybridized carbons (Fsp3) is 0.727. The van der Waals surface area contributed by atoms with Crippen LogP contribution in [0, 0.1) is 0 Å². The number of carbonyl (C=O) groups is 3. The van der Waals surface area contributed by atoms with Crippen LogP contribution in [0.5, 0.6) is 0 Å². The summed E-state index contributed by atoms with van der Waals surface area (Å²) in [6, 6.07) is -1.06. The van der Waals surface area contributed by atoms with Crippen LogP contribution in [-0.4, -0.2) is 46.3 Å². The molecule has 0 saturated heterocycles. The van der Waals surface area contributed by atoms with E-state index < -0.39 is 23.7 Å². The zero-order valence-corrected chi connectivity index (χ0v) is 12.3. The van der Waals surface area contributed by atoms with Gasteiger partial charge in [0.1, 0.15) is 11.6 Å². The molecule has 0 fully saturated rings. The molecule has 2 amide bonds. The topological polar surface area (TPSA) is 105 Å². The van der Waals surface area contributed by atoms with Gasteiger partial charge in [-0.05, 0) is 20.8 Å². The summed E-state index contributed by atoms with van der Waals surface area (Å²) in [5.41, 5.74) is -0.684. The maximum atomic E-state index is 11.4. The molecule has 0 aliphatic heterocycles. The van der Waals surface area contributed by atoms with Gasteiger partial charge in [0.2, 0.25) is 5.91 Å². The van der Waals surface area contributed by atoms with E-state index in [4.69, 9.17) is 9.84 Å². The highest BCUT2D eigenvalue weighted by Crippen LogP contribution is 2.08. The fourth-order valence-corrected chi connectivity index (χ4v) is 1.84. The molecular formula is C11H20N2O5S. The van der Waals surface area contributed by atoms with Crippen molar-refractivity contribution in [1.29, 1.82) is 0 Å². The molecule has 1 atom stereocenters. The molecule has 0 saturated carbocycles. The van der Waals surface area contributed by atoms with E-state index in [2.05, 4.69) is 10.6 Å². The normalized spacial score (nSPS) is 12.4. The molecule has 110 valence electrons. The monoisotopic (exact) mass is 292 g/mol. The second kappa shape index (κ2) is 7.88. The van der Waals surface area contributed by atoms with E-state index in [1.165, 1.54) is 18.7 Å². The SMILES string of the molecule is CC(=O)NCSCC(NC(=O)OC(C)(C)C)C(=O)O. The van der Waals surface area contributed by atoms with Gasteiger partial charge >= 0.3 is 12.1 Å². The molecule has 0 aliphatic carbocycles. The first-order valence-electron chi connectivity index (χ1n) is 5.66. The van der Waals surface area contributed by atoms with E-state index in [0.717, 1.165) is 0 Å². The number of alkyl carbamates (subject to hydrolysis) is 1. The predicted octanol–water partition coefficient (Wildman–Crippen LogP) is 0.791. The first kappa shape index (κ1) is 17.6. The third kappa shape index (κ3) is 10.2. The lowest BCUT2D eigenvalue weighted by Gasteiger charge is -2.21. The van der Waals surface area contributed by atoms with Gasteiger partial charge in [-0.15, -0.1) is 11.8 Å². The Bertz CT molecular complexity index is 340. The molecule has 3 N–H and O–H groups in total. The highest BCUT2D eigenvalue weighted by atomic mass is 32.2. The zero-order chi connectivity index (χ0) is 15.1. The Balaban J connectivity index is 4.16. The van der Waals surface area contributed by atoms with Crippen LogP contribution in [0.4, 0.5) is 4.79 Å². The molecule has 0 radical (unpaired) electrons. The number of hydrogen-bond acceptors (Lipinski definition) is 5. The van der Waals surface area contributed by atoms with Crippen molar-refractivity contribution < 1.29 is 24.2 Å². The Hall–Kier alpha value is -1.44. The zero-order valence-electron chi connectivity index (χ0n) is 11.5. The smallest absolute Gasteiger partial charge is 0.408 e. The van der Waals surface area contributed by atoms with Gasteiger partial charge < -0.3 is 20.5 Å². The van der Waals surface area contributed by atoms with Crippen LogP contribution in [0.1, 0.15) is 27.7 Å². The summed E-state index contributed by atoms with van der Waals surface area (Å²) < 4.78 is 4.97. The highest BCUT2D eigenvalue weighted by molar-refractivity contribution is 7.99. The van der Waals surface area contributed by atoms with Crippen molar-refractivity contribution in [2.75, 3.05) is 11.6 Å². The molecule has 0 rings (SSSR count). The number of carbonyl (C=O) groups excluding carboxylic acids is 2. The number of amides is 2. The van der Waals surface area contributed by atoms with E-state index in [1.807, 2.05) is 0 Å². The van der Waals surface area contributed by atoms with E-state index >= 15 is 0 Å². The number of hydrogen-bond donors (Lipinski definition) is 3. The van der Waals surface area contributed by atoms with E-state index in [1.54, 1.807) is 20.8 Å². The average molecular weight is 292 g/mol. The average Bonchev–Trinajstić information content (AvgIpc) is 2.19. The van der Waals surface area contributed by atoms with Gasteiger partial charge in [0.25, 0.3) is 0 Å². The van der Waals surface area contributed by atoms with Crippen molar-refractivity contribution in [2.24, 2.45) is 0 Å². The molecule has 0 aromatic rings. The summed E-state index contributed by atoms with van der Waals surface area (Å²) in [4.78, 5) is 33.0. The lowest BCUT2D eigenvalue weighted by molar-refractivity contribution is -0.138. The first-order chi connectivity index (χ1) is 8.61. The van der Waals surface area contributed by atoms with Gasteiger partial charge in [-0.25, -0.2) is 9.59 Å². The van der Waals surface area contributed by atoms with Crippen LogP contribution in [-0.2, 0) is 14.3 Å². The number of carboxylic acids is 1. The summed E-state index contributed by atoms with van der Waals surface area (Å²) in [6.07, 6.45) is -0.778. The summed E-state index contributed by atoms with van der Waals surface area (Å²) >= 11 is 1.19. The van der Waals surface area contributed by atoms with E-state index in [9.17, 15) is 14.4 Å². The molecule has 0 heterocycles. The van der Waals surface area contributed by atoms with Crippen LogP contribution in [0.3, 0.4) is 0 Å². The quantitative estimate of drug-likeness (QED) is 0.494. The molecule has 19 heavy (non-hydrogen) atoms. The number of rotatable bonds is 6. The Morgan fingerprint density at radius 1 is 1.32 bits per heavy atom. The van der Waals surface area contributed by atoms with Gasteiger partial charge in [0.15, 0.2) is 0 Å². The van der Waals surface area contributed by atoms with Crippen molar-refractivity contribution in [3.8, 4) is 0 Å². The third-order valence-electron chi connectivity index (χ3n) is 1.70. The molecule has 0 aromatic heterocycles. The maximum Gasteiger partial charge on any atom is 0.408 e. The second-order valence-corrected chi connectivity index (χ2v) is 5.82. The van der Waals surface area contributed by atoms with Crippen molar-refractivity contribution >= 4 is 29.7 Å². The Kier molecular flexibility index (Phi) is 7.28. The molecule has 0 bridgehead atoms. The molecule has 8 heteroatoms. The van der Waals surface area contributed by atoms with E-state index in [0.29, 0.717) is 0 Å².